The average molecular weight is 478 g/mol. The molecule has 0 saturated heterocycles. The molecule has 2 aromatic carbocycles. The summed E-state index contributed by atoms with van der Waals surface area (Å²) in [6, 6.07) is 17.7. The molecule has 1 aliphatic heterocycles. The molecule has 3 heterocycles. The number of hydrogen-bond acceptors (Lipinski definition) is 5. The summed E-state index contributed by atoms with van der Waals surface area (Å²) >= 11 is 0. The van der Waals surface area contributed by atoms with Gasteiger partial charge in [0.15, 0.2) is 0 Å². The molecular formula is C28H23N5O3. The first kappa shape index (κ1) is 22.9. The highest BCUT2D eigenvalue weighted by atomic mass is 16.5. The van der Waals surface area contributed by atoms with Crippen LogP contribution in [0.4, 0.5) is 10.5 Å². The van der Waals surface area contributed by atoms with Crippen LogP contribution in [0.25, 0.3) is 0 Å². The minimum atomic E-state index is -0.874. The Hall–Kier alpha value is -4.90. The van der Waals surface area contributed by atoms with Crippen LogP contribution in [0.1, 0.15) is 22.3 Å². The molecule has 0 radical (unpaired) electrons. The zero-order chi connectivity index (χ0) is 24.9. The molecule has 2 amide bonds. The highest BCUT2D eigenvalue weighted by Crippen LogP contribution is 2.31. The number of aromatic nitrogens is 3. The second-order valence-electron chi connectivity index (χ2n) is 8.34. The Bertz CT molecular complexity index is 1450. The van der Waals surface area contributed by atoms with Gasteiger partial charge in [-0.1, -0.05) is 42.2 Å². The number of carbonyl (C=O) groups excluding carboxylic acids is 2. The number of amides is 2. The highest BCUT2D eigenvalue weighted by molar-refractivity contribution is 6.00. The zero-order valence-electron chi connectivity index (χ0n) is 19.6. The summed E-state index contributed by atoms with van der Waals surface area (Å²) < 4.78 is 7.08. The van der Waals surface area contributed by atoms with Gasteiger partial charge in [-0.3, -0.25) is 9.78 Å². The number of nitrogens with one attached hydrogen (secondary N) is 1. The van der Waals surface area contributed by atoms with E-state index in [1.165, 1.54) is 9.58 Å². The lowest BCUT2D eigenvalue weighted by molar-refractivity contribution is -0.120. The molecule has 0 aliphatic carbocycles. The van der Waals surface area contributed by atoms with Gasteiger partial charge >= 0.3 is 6.03 Å². The van der Waals surface area contributed by atoms with E-state index in [0.29, 0.717) is 17.9 Å². The third-order valence-corrected chi connectivity index (χ3v) is 5.76. The van der Waals surface area contributed by atoms with Crippen LogP contribution >= 0.6 is 0 Å². The number of nitrogens with zero attached hydrogens (tertiary/aromatic N) is 4. The van der Waals surface area contributed by atoms with Gasteiger partial charge in [-0.05, 0) is 41.5 Å². The minimum absolute atomic E-state index is 0.000758. The molecule has 36 heavy (non-hydrogen) atoms. The van der Waals surface area contributed by atoms with E-state index in [4.69, 9.17) is 4.74 Å². The number of rotatable bonds is 3. The minimum Gasteiger partial charge on any atom is -0.489 e. The lowest BCUT2D eigenvalue weighted by atomic mass is 10.1. The first-order valence-electron chi connectivity index (χ1n) is 11.4. The van der Waals surface area contributed by atoms with Crippen LogP contribution in [-0.4, -0.2) is 46.4 Å². The molecule has 1 atom stereocenters. The van der Waals surface area contributed by atoms with E-state index >= 15 is 0 Å². The molecule has 1 aliphatic rings. The number of carbonyl (C=O) groups is 2. The van der Waals surface area contributed by atoms with Gasteiger partial charge in [0.2, 0.25) is 0 Å². The number of anilines is 1. The smallest absolute Gasteiger partial charge is 0.342 e. The van der Waals surface area contributed by atoms with Crippen molar-refractivity contribution in [2.45, 2.75) is 12.5 Å². The van der Waals surface area contributed by atoms with Crippen LogP contribution < -0.4 is 15.0 Å². The summed E-state index contributed by atoms with van der Waals surface area (Å²) in [6.45, 7) is 0.000758. The molecule has 0 spiro atoms. The molecule has 8 heteroatoms. The SMILES string of the molecule is CN1C(=O)[C@@H](NC(=O)n2cc(Cc3ccccc3)cn2)COc2ccc(C#Cc3cccnc3)cc21. The molecule has 178 valence electrons. The monoisotopic (exact) mass is 477 g/mol. The third kappa shape index (κ3) is 5.10. The number of fused-ring (bicyclic) bond motifs is 1. The molecule has 0 bridgehead atoms. The maximum absolute atomic E-state index is 13.2. The summed E-state index contributed by atoms with van der Waals surface area (Å²) in [5, 5.41) is 6.90. The number of pyridine rings is 1. The average Bonchev–Trinajstić information content (AvgIpc) is 3.35. The van der Waals surface area contributed by atoms with E-state index in [1.54, 1.807) is 44.0 Å². The topological polar surface area (TPSA) is 89.4 Å². The predicted octanol–water partition coefficient (Wildman–Crippen LogP) is 3.25. The van der Waals surface area contributed by atoms with Crippen LogP contribution in [-0.2, 0) is 11.2 Å². The van der Waals surface area contributed by atoms with Crippen molar-refractivity contribution < 1.29 is 14.3 Å². The Labute approximate surface area is 208 Å². The summed E-state index contributed by atoms with van der Waals surface area (Å²) in [5.41, 5.74) is 4.11. The van der Waals surface area contributed by atoms with E-state index in [0.717, 1.165) is 22.3 Å². The number of benzene rings is 2. The second kappa shape index (κ2) is 10.2. The molecule has 2 aromatic heterocycles. The molecular weight excluding hydrogens is 454 g/mol. The van der Waals surface area contributed by atoms with Crippen LogP contribution in [0.15, 0.2) is 85.5 Å². The molecule has 5 rings (SSSR count). The van der Waals surface area contributed by atoms with Crippen molar-refractivity contribution in [3.63, 3.8) is 0 Å². The molecule has 0 saturated carbocycles. The fourth-order valence-electron chi connectivity index (χ4n) is 3.87. The number of ether oxygens (including phenoxy) is 1. The molecule has 0 fully saturated rings. The van der Waals surface area contributed by atoms with Crippen molar-refractivity contribution in [1.29, 1.82) is 0 Å². The van der Waals surface area contributed by atoms with Gasteiger partial charge in [0.25, 0.3) is 5.91 Å². The molecule has 8 nitrogen and oxygen atoms in total. The Kier molecular flexibility index (Phi) is 6.45. The van der Waals surface area contributed by atoms with Gasteiger partial charge < -0.3 is 15.0 Å². The van der Waals surface area contributed by atoms with Gasteiger partial charge in [0.05, 0.1) is 11.9 Å². The van der Waals surface area contributed by atoms with Crippen LogP contribution in [0, 0.1) is 11.8 Å². The van der Waals surface area contributed by atoms with E-state index in [2.05, 4.69) is 27.2 Å². The van der Waals surface area contributed by atoms with Crippen molar-refractivity contribution in [3.05, 3.63) is 108 Å². The normalized spacial score (nSPS) is 14.6. The molecule has 0 unspecified atom stereocenters. The summed E-state index contributed by atoms with van der Waals surface area (Å²) in [5.74, 6) is 6.39. The van der Waals surface area contributed by atoms with Crippen molar-refractivity contribution in [1.82, 2.24) is 20.1 Å². The van der Waals surface area contributed by atoms with Crippen molar-refractivity contribution >= 4 is 17.6 Å². The summed E-state index contributed by atoms with van der Waals surface area (Å²) in [6.07, 6.45) is 7.34. The second-order valence-corrected chi connectivity index (χ2v) is 8.34. The third-order valence-electron chi connectivity index (χ3n) is 5.76. The number of likely N-dealkylation sites (N-methyl/N-ethyl adjacent to an activating group) is 1. The standard InChI is InChI=1S/C28H23N5O3/c1-32-25-15-21(9-10-22-8-5-13-29-16-22)11-12-26(25)36-19-24(27(32)34)31-28(35)33-18-23(17-30-33)14-20-6-3-2-4-7-20/h2-8,11-13,15-18,24H,14,19H2,1H3,(H,31,35)/t24-/m0/s1. The lowest BCUT2D eigenvalue weighted by Gasteiger charge is -2.20. The fourth-order valence-corrected chi connectivity index (χ4v) is 3.87. The first-order valence-corrected chi connectivity index (χ1v) is 11.4. The van der Waals surface area contributed by atoms with Gasteiger partial charge in [-0.2, -0.15) is 9.78 Å². The molecule has 1 N–H and O–H groups in total. The number of hydrogen-bond donors (Lipinski definition) is 1. The molecule has 4 aromatic rings. The van der Waals surface area contributed by atoms with Crippen LogP contribution in [0.3, 0.4) is 0 Å². The van der Waals surface area contributed by atoms with E-state index in [9.17, 15) is 9.59 Å². The quantitative estimate of drug-likeness (QED) is 0.458. The fraction of sp³-hybridized carbons (Fsp3) is 0.143. The van der Waals surface area contributed by atoms with Gasteiger partial charge in [-0.25, -0.2) is 4.79 Å². The van der Waals surface area contributed by atoms with Gasteiger partial charge in [0.1, 0.15) is 18.4 Å². The summed E-state index contributed by atoms with van der Waals surface area (Å²) in [4.78, 5) is 31.5. The van der Waals surface area contributed by atoms with Crippen LogP contribution in [0.2, 0.25) is 0 Å². The zero-order valence-corrected chi connectivity index (χ0v) is 19.6. The van der Waals surface area contributed by atoms with E-state index in [-0.39, 0.29) is 12.5 Å². The summed E-state index contributed by atoms with van der Waals surface area (Å²) in [7, 11) is 1.65. The Balaban J connectivity index is 1.28. The van der Waals surface area contributed by atoms with Crippen molar-refractivity contribution in [3.8, 4) is 17.6 Å². The van der Waals surface area contributed by atoms with E-state index in [1.807, 2.05) is 48.5 Å². The van der Waals surface area contributed by atoms with Gasteiger partial charge in [-0.15, -0.1) is 0 Å². The lowest BCUT2D eigenvalue weighted by Crippen LogP contribution is -2.50. The Morgan fingerprint density at radius 2 is 1.89 bits per heavy atom. The van der Waals surface area contributed by atoms with Crippen molar-refractivity contribution in [2.24, 2.45) is 0 Å². The van der Waals surface area contributed by atoms with Gasteiger partial charge in [0, 0.05) is 43.2 Å². The largest absolute Gasteiger partial charge is 0.489 e. The maximum atomic E-state index is 13.2. The predicted molar refractivity (Wildman–Crippen MR) is 135 cm³/mol. The van der Waals surface area contributed by atoms with Crippen LogP contribution in [0.5, 0.6) is 5.75 Å². The Morgan fingerprint density at radius 1 is 1.06 bits per heavy atom. The van der Waals surface area contributed by atoms with E-state index < -0.39 is 12.1 Å². The van der Waals surface area contributed by atoms with Crippen molar-refractivity contribution in [2.75, 3.05) is 18.6 Å². The Morgan fingerprint density at radius 3 is 2.69 bits per heavy atom. The first-order chi connectivity index (χ1) is 17.6. The maximum Gasteiger partial charge on any atom is 0.342 e. The highest BCUT2D eigenvalue weighted by Gasteiger charge is 2.31.